The normalized spacial score (nSPS) is 24.7. The first-order valence-corrected chi connectivity index (χ1v) is 8.25. The first kappa shape index (κ1) is 14.1. The zero-order valence-corrected chi connectivity index (χ0v) is 12.8. The number of hydrogen-bond donors (Lipinski definition) is 1. The Morgan fingerprint density at radius 3 is 2.20 bits per heavy atom. The van der Waals surface area contributed by atoms with Gasteiger partial charge in [0.15, 0.2) is 0 Å². The quantitative estimate of drug-likeness (QED) is 0.891. The molecule has 1 aliphatic heterocycles. The van der Waals surface area contributed by atoms with E-state index in [0.717, 1.165) is 18.8 Å². The summed E-state index contributed by atoms with van der Waals surface area (Å²) in [5, 5.41) is 0. The highest BCUT2D eigenvalue weighted by molar-refractivity contribution is 5.30. The number of benzene rings is 1. The van der Waals surface area contributed by atoms with Gasteiger partial charge in [-0.25, -0.2) is 0 Å². The lowest BCUT2D eigenvalue weighted by Crippen LogP contribution is -2.38. The third-order valence-electron chi connectivity index (χ3n) is 5.42. The molecule has 2 aliphatic rings. The van der Waals surface area contributed by atoms with Gasteiger partial charge in [-0.2, -0.15) is 0 Å². The number of nitrogens with two attached hydrogens (primary N) is 1. The zero-order valence-electron chi connectivity index (χ0n) is 12.8. The molecule has 1 saturated carbocycles. The minimum absolute atomic E-state index is 0.0520. The molecular formula is C18H28N2. The summed E-state index contributed by atoms with van der Waals surface area (Å²) in [6.45, 7) is 2.46. The van der Waals surface area contributed by atoms with Crippen LogP contribution in [-0.2, 0) is 5.54 Å². The first-order valence-electron chi connectivity index (χ1n) is 8.25. The predicted molar refractivity (Wildman–Crippen MR) is 84.9 cm³/mol. The molecule has 1 aromatic carbocycles. The third-order valence-corrected chi connectivity index (χ3v) is 5.42. The van der Waals surface area contributed by atoms with Crippen LogP contribution >= 0.6 is 0 Å². The van der Waals surface area contributed by atoms with Crippen molar-refractivity contribution in [3.05, 3.63) is 35.4 Å². The van der Waals surface area contributed by atoms with Crippen molar-refractivity contribution in [1.29, 1.82) is 0 Å². The van der Waals surface area contributed by atoms with Crippen LogP contribution < -0.4 is 5.73 Å². The molecule has 0 amide bonds. The summed E-state index contributed by atoms with van der Waals surface area (Å²) in [6, 6.07) is 9.29. The SMILES string of the molecule is CN1CCC(c2ccc(C3(N)CCCCC3)cc2)CC1. The first-order chi connectivity index (χ1) is 9.67. The number of rotatable bonds is 2. The van der Waals surface area contributed by atoms with E-state index in [1.165, 1.54) is 56.3 Å². The molecule has 2 nitrogen and oxygen atoms in total. The average molecular weight is 272 g/mol. The second kappa shape index (κ2) is 5.87. The van der Waals surface area contributed by atoms with Crippen LogP contribution in [0.15, 0.2) is 24.3 Å². The lowest BCUT2D eigenvalue weighted by molar-refractivity contribution is 0.255. The highest BCUT2D eigenvalue weighted by atomic mass is 15.1. The molecule has 1 heterocycles. The maximum Gasteiger partial charge on any atom is 0.0409 e. The summed E-state index contributed by atoms with van der Waals surface area (Å²) in [5.41, 5.74) is 9.44. The van der Waals surface area contributed by atoms with E-state index in [9.17, 15) is 0 Å². The summed E-state index contributed by atoms with van der Waals surface area (Å²) in [6.07, 6.45) is 8.82. The van der Waals surface area contributed by atoms with E-state index in [4.69, 9.17) is 5.73 Å². The van der Waals surface area contributed by atoms with Gasteiger partial charge in [0.05, 0.1) is 0 Å². The molecule has 2 N–H and O–H groups in total. The smallest absolute Gasteiger partial charge is 0.0409 e. The van der Waals surface area contributed by atoms with Crippen molar-refractivity contribution in [3.63, 3.8) is 0 Å². The van der Waals surface area contributed by atoms with E-state index in [0.29, 0.717) is 0 Å². The predicted octanol–water partition coefficient (Wildman–Crippen LogP) is 3.61. The maximum atomic E-state index is 6.62. The van der Waals surface area contributed by atoms with Crippen molar-refractivity contribution in [2.75, 3.05) is 20.1 Å². The minimum atomic E-state index is -0.0520. The Morgan fingerprint density at radius 2 is 1.60 bits per heavy atom. The fraction of sp³-hybridized carbons (Fsp3) is 0.667. The van der Waals surface area contributed by atoms with Crippen LogP contribution in [0.2, 0.25) is 0 Å². The van der Waals surface area contributed by atoms with Crippen LogP contribution in [0, 0.1) is 0 Å². The summed E-state index contributed by atoms with van der Waals surface area (Å²) in [4.78, 5) is 2.43. The Morgan fingerprint density at radius 1 is 1.00 bits per heavy atom. The molecule has 1 saturated heterocycles. The average Bonchev–Trinajstić information content (AvgIpc) is 2.49. The molecular weight excluding hydrogens is 244 g/mol. The minimum Gasteiger partial charge on any atom is -0.321 e. The molecule has 3 rings (SSSR count). The second-order valence-electron chi connectivity index (χ2n) is 6.92. The number of hydrogen-bond acceptors (Lipinski definition) is 2. The third kappa shape index (κ3) is 2.91. The van der Waals surface area contributed by atoms with Gasteiger partial charge in [0.1, 0.15) is 0 Å². The van der Waals surface area contributed by atoms with Crippen LogP contribution in [0.4, 0.5) is 0 Å². The lowest BCUT2D eigenvalue weighted by Gasteiger charge is -2.34. The van der Waals surface area contributed by atoms with E-state index in [1.54, 1.807) is 0 Å². The van der Waals surface area contributed by atoms with Gasteiger partial charge < -0.3 is 10.6 Å². The largest absolute Gasteiger partial charge is 0.321 e. The standard InChI is InChI=1S/C18H28N2/c1-20-13-9-16(10-14-20)15-5-7-17(8-6-15)18(19)11-3-2-4-12-18/h5-8,16H,2-4,9-14,19H2,1H3. The van der Waals surface area contributed by atoms with E-state index < -0.39 is 0 Å². The maximum absolute atomic E-state index is 6.62. The van der Waals surface area contributed by atoms with Crippen molar-refractivity contribution >= 4 is 0 Å². The molecule has 0 atom stereocenters. The fourth-order valence-corrected chi connectivity index (χ4v) is 3.90. The molecule has 0 aromatic heterocycles. The van der Waals surface area contributed by atoms with Crippen LogP contribution in [0.5, 0.6) is 0 Å². The summed E-state index contributed by atoms with van der Waals surface area (Å²) in [5.74, 6) is 0.750. The molecule has 20 heavy (non-hydrogen) atoms. The van der Waals surface area contributed by atoms with Gasteiger partial charge in [0.25, 0.3) is 0 Å². The van der Waals surface area contributed by atoms with Crippen molar-refractivity contribution in [2.45, 2.75) is 56.4 Å². The van der Waals surface area contributed by atoms with E-state index in [1.807, 2.05) is 0 Å². The van der Waals surface area contributed by atoms with Crippen LogP contribution in [0.1, 0.15) is 62.0 Å². The van der Waals surface area contributed by atoms with Gasteiger partial charge in [-0.05, 0) is 62.9 Å². The number of nitrogens with zero attached hydrogens (tertiary/aromatic N) is 1. The van der Waals surface area contributed by atoms with Gasteiger partial charge in [-0.15, -0.1) is 0 Å². The molecule has 1 aromatic rings. The second-order valence-corrected chi connectivity index (χ2v) is 6.92. The topological polar surface area (TPSA) is 29.3 Å². The van der Waals surface area contributed by atoms with Crippen LogP contribution in [0.25, 0.3) is 0 Å². The zero-order chi connectivity index (χ0) is 14.0. The molecule has 2 fully saturated rings. The molecule has 110 valence electrons. The summed E-state index contributed by atoms with van der Waals surface area (Å²) >= 11 is 0. The highest BCUT2D eigenvalue weighted by Crippen LogP contribution is 2.36. The Kier molecular flexibility index (Phi) is 4.13. The Balaban J connectivity index is 1.71. The summed E-state index contributed by atoms with van der Waals surface area (Å²) in [7, 11) is 2.22. The molecule has 1 aliphatic carbocycles. The van der Waals surface area contributed by atoms with Crippen LogP contribution in [0.3, 0.4) is 0 Å². The van der Waals surface area contributed by atoms with Crippen molar-refractivity contribution in [3.8, 4) is 0 Å². The van der Waals surface area contributed by atoms with E-state index in [-0.39, 0.29) is 5.54 Å². The molecule has 0 bridgehead atoms. The summed E-state index contributed by atoms with van der Waals surface area (Å²) < 4.78 is 0. The van der Waals surface area contributed by atoms with Gasteiger partial charge in [-0.1, -0.05) is 43.5 Å². The Bertz CT molecular complexity index is 423. The van der Waals surface area contributed by atoms with E-state index >= 15 is 0 Å². The molecule has 0 spiro atoms. The van der Waals surface area contributed by atoms with Gasteiger partial charge in [0, 0.05) is 5.54 Å². The van der Waals surface area contributed by atoms with E-state index in [2.05, 4.69) is 36.2 Å². The van der Waals surface area contributed by atoms with Gasteiger partial charge in [-0.3, -0.25) is 0 Å². The molecule has 0 radical (unpaired) electrons. The molecule has 2 heteroatoms. The van der Waals surface area contributed by atoms with Gasteiger partial charge >= 0.3 is 0 Å². The Hall–Kier alpha value is -0.860. The monoisotopic (exact) mass is 272 g/mol. The highest BCUT2D eigenvalue weighted by Gasteiger charge is 2.29. The molecule has 0 unspecified atom stereocenters. The number of piperidine rings is 1. The van der Waals surface area contributed by atoms with Crippen molar-refractivity contribution in [2.24, 2.45) is 5.73 Å². The van der Waals surface area contributed by atoms with Crippen molar-refractivity contribution < 1.29 is 0 Å². The van der Waals surface area contributed by atoms with Gasteiger partial charge in [0.2, 0.25) is 0 Å². The number of likely N-dealkylation sites (tertiary alicyclic amines) is 1. The van der Waals surface area contributed by atoms with Crippen LogP contribution in [-0.4, -0.2) is 25.0 Å². The Labute approximate surface area is 123 Å². The lowest BCUT2D eigenvalue weighted by atomic mass is 9.77. The van der Waals surface area contributed by atoms with Crippen molar-refractivity contribution in [1.82, 2.24) is 4.90 Å². The fourth-order valence-electron chi connectivity index (χ4n) is 3.90.